The summed E-state index contributed by atoms with van der Waals surface area (Å²) >= 11 is 0. The van der Waals surface area contributed by atoms with E-state index in [0.717, 1.165) is 22.4 Å². The van der Waals surface area contributed by atoms with Crippen molar-refractivity contribution in [3.8, 4) is 11.3 Å². The molecule has 1 amide bonds. The SMILES string of the molecule is Cc1onc(-c2ccc3c(c2)CC(=O)N3)c1CN=[N+]=[N-]. The fraction of sp³-hybridized carbons (Fsp3) is 0.231. The molecule has 1 N–H and O–H groups in total. The zero-order valence-electron chi connectivity index (χ0n) is 10.8. The Kier molecular flexibility index (Phi) is 2.89. The van der Waals surface area contributed by atoms with Gasteiger partial charge in [-0.1, -0.05) is 16.3 Å². The van der Waals surface area contributed by atoms with Crippen molar-refractivity contribution < 1.29 is 9.32 Å². The van der Waals surface area contributed by atoms with Crippen LogP contribution >= 0.6 is 0 Å². The van der Waals surface area contributed by atoms with E-state index in [2.05, 4.69) is 20.5 Å². The Bertz CT molecular complexity index is 743. The molecule has 0 bridgehead atoms. The molecule has 0 aliphatic carbocycles. The minimum Gasteiger partial charge on any atom is -0.361 e. The number of anilines is 1. The first-order valence-electron chi connectivity index (χ1n) is 6.08. The molecule has 7 heteroatoms. The molecule has 0 saturated heterocycles. The number of nitrogens with zero attached hydrogens (tertiary/aromatic N) is 4. The fourth-order valence-electron chi connectivity index (χ4n) is 2.28. The van der Waals surface area contributed by atoms with Crippen molar-refractivity contribution in [1.82, 2.24) is 5.16 Å². The number of nitrogens with one attached hydrogen (secondary N) is 1. The molecular weight excluding hydrogens is 258 g/mol. The van der Waals surface area contributed by atoms with Crippen LogP contribution < -0.4 is 5.32 Å². The van der Waals surface area contributed by atoms with E-state index in [4.69, 9.17) is 10.1 Å². The first-order valence-corrected chi connectivity index (χ1v) is 6.08. The van der Waals surface area contributed by atoms with Crippen LogP contribution in [0.15, 0.2) is 27.8 Å². The number of aryl methyl sites for hydroxylation is 1. The van der Waals surface area contributed by atoms with Gasteiger partial charge in [-0.25, -0.2) is 0 Å². The Morgan fingerprint density at radius 1 is 1.55 bits per heavy atom. The normalized spacial score (nSPS) is 12.8. The van der Waals surface area contributed by atoms with E-state index in [-0.39, 0.29) is 12.5 Å². The van der Waals surface area contributed by atoms with Crippen molar-refractivity contribution in [2.24, 2.45) is 5.11 Å². The van der Waals surface area contributed by atoms with Gasteiger partial charge in [0, 0.05) is 21.7 Å². The number of fused-ring (bicyclic) bond motifs is 1. The number of amides is 1. The lowest BCUT2D eigenvalue weighted by molar-refractivity contribution is -0.115. The van der Waals surface area contributed by atoms with Crippen LogP contribution in [0.1, 0.15) is 16.9 Å². The van der Waals surface area contributed by atoms with Gasteiger partial charge in [-0.05, 0) is 30.2 Å². The van der Waals surface area contributed by atoms with Gasteiger partial charge in [0.05, 0.1) is 13.0 Å². The van der Waals surface area contributed by atoms with Gasteiger partial charge in [-0.3, -0.25) is 4.79 Å². The number of carbonyl (C=O) groups excluding carboxylic acids is 1. The maximum absolute atomic E-state index is 11.4. The van der Waals surface area contributed by atoms with Crippen LogP contribution in [-0.4, -0.2) is 11.1 Å². The number of aromatic nitrogens is 1. The molecule has 0 spiro atoms. The average Bonchev–Trinajstić information content (AvgIpc) is 2.97. The summed E-state index contributed by atoms with van der Waals surface area (Å²) in [6, 6.07) is 5.61. The molecule has 0 saturated carbocycles. The third-order valence-electron chi connectivity index (χ3n) is 3.28. The monoisotopic (exact) mass is 269 g/mol. The van der Waals surface area contributed by atoms with E-state index in [0.29, 0.717) is 17.9 Å². The number of azide groups is 1. The highest BCUT2D eigenvalue weighted by molar-refractivity contribution is 5.99. The van der Waals surface area contributed by atoms with E-state index in [9.17, 15) is 4.79 Å². The topological polar surface area (TPSA) is 104 Å². The molecule has 7 nitrogen and oxygen atoms in total. The predicted octanol–water partition coefficient (Wildman–Crippen LogP) is 2.95. The molecule has 1 aliphatic heterocycles. The first-order chi connectivity index (χ1) is 9.69. The van der Waals surface area contributed by atoms with Crippen LogP contribution in [0.4, 0.5) is 5.69 Å². The molecule has 1 aromatic carbocycles. The highest BCUT2D eigenvalue weighted by Gasteiger charge is 2.20. The largest absolute Gasteiger partial charge is 0.361 e. The van der Waals surface area contributed by atoms with Crippen LogP contribution in [-0.2, 0) is 17.8 Å². The third kappa shape index (κ3) is 2.00. The standard InChI is InChI=1S/C13H11N5O2/c1-7-10(6-15-18-14)13(17-20-7)8-2-3-11-9(4-8)5-12(19)16-11/h2-4H,5-6H2,1H3,(H,16,19). The lowest BCUT2D eigenvalue weighted by Gasteiger charge is -2.03. The van der Waals surface area contributed by atoms with Crippen molar-refractivity contribution in [1.29, 1.82) is 0 Å². The van der Waals surface area contributed by atoms with Gasteiger partial charge in [-0.2, -0.15) is 0 Å². The lowest BCUT2D eigenvalue weighted by atomic mass is 10.0. The minimum absolute atomic E-state index is 0.0113. The van der Waals surface area contributed by atoms with Crippen molar-refractivity contribution in [3.05, 3.63) is 45.5 Å². The van der Waals surface area contributed by atoms with E-state index in [1.54, 1.807) is 6.92 Å². The Hall–Kier alpha value is -2.79. The molecule has 0 radical (unpaired) electrons. The zero-order valence-corrected chi connectivity index (χ0v) is 10.8. The van der Waals surface area contributed by atoms with Gasteiger partial charge < -0.3 is 9.84 Å². The van der Waals surface area contributed by atoms with Gasteiger partial charge in [0.1, 0.15) is 11.5 Å². The summed E-state index contributed by atoms with van der Waals surface area (Å²) in [4.78, 5) is 14.1. The first kappa shape index (κ1) is 12.3. The fourth-order valence-corrected chi connectivity index (χ4v) is 2.28. The summed E-state index contributed by atoms with van der Waals surface area (Å²) < 4.78 is 5.17. The summed E-state index contributed by atoms with van der Waals surface area (Å²) in [5.41, 5.74) is 12.5. The minimum atomic E-state index is -0.0113. The van der Waals surface area contributed by atoms with E-state index in [1.807, 2.05) is 18.2 Å². The van der Waals surface area contributed by atoms with Crippen molar-refractivity contribution in [3.63, 3.8) is 0 Å². The van der Waals surface area contributed by atoms with Crippen molar-refractivity contribution in [2.75, 3.05) is 5.32 Å². The second-order valence-corrected chi connectivity index (χ2v) is 4.55. The summed E-state index contributed by atoms with van der Waals surface area (Å²) in [6.07, 6.45) is 0.367. The van der Waals surface area contributed by atoms with Gasteiger partial charge in [-0.15, -0.1) is 0 Å². The van der Waals surface area contributed by atoms with Gasteiger partial charge in [0.2, 0.25) is 5.91 Å². The summed E-state index contributed by atoms with van der Waals surface area (Å²) in [5.74, 6) is 0.616. The molecule has 3 rings (SSSR count). The highest BCUT2D eigenvalue weighted by atomic mass is 16.5. The molecule has 20 heavy (non-hydrogen) atoms. The van der Waals surface area contributed by atoms with E-state index in [1.165, 1.54) is 0 Å². The van der Waals surface area contributed by atoms with Gasteiger partial charge in [0.25, 0.3) is 0 Å². The second-order valence-electron chi connectivity index (χ2n) is 4.55. The summed E-state index contributed by atoms with van der Waals surface area (Å²) in [7, 11) is 0. The number of hydrogen-bond acceptors (Lipinski definition) is 4. The van der Waals surface area contributed by atoms with Crippen LogP contribution in [0.3, 0.4) is 0 Å². The molecule has 0 atom stereocenters. The zero-order chi connectivity index (χ0) is 14.1. The Morgan fingerprint density at radius 3 is 3.20 bits per heavy atom. The molecule has 2 aromatic rings. The molecular formula is C13H11N5O2. The number of hydrogen-bond donors (Lipinski definition) is 1. The second kappa shape index (κ2) is 4.71. The van der Waals surface area contributed by atoms with Crippen LogP contribution in [0.2, 0.25) is 0 Å². The molecule has 0 fully saturated rings. The lowest BCUT2D eigenvalue weighted by Crippen LogP contribution is -2.03. The van der Waals surface area contributed by atoms with Crippen LogP contribution in [0.5, 0.6) is 0 Å². The maximum atomic E-state index is 11.4. The predicted molar refractivity (Wildman–Crippen MR) is 71.9 cm³/mol. The van der Waals surface area contributed by atoms with Crippen molar-refractivity contribution >= 4 is 11.6 Å². The molecule has 2 heterocycles. The van der Waals surface area contributed by atoms with Gasteiger partial charge in [0.15, 0.2) is 0 Å². The van der Waals surface area contributed by atoms with Crippen molar-refractivity contribution in [2.45, 2.75) is 19.9 Å². The summed E-state index contributed by atoms with van der Waals surface area (Å²) in [6.45, 7) is 1.96. The molecule has 1 aromatic heterocycles. The number of carbonyl (C=O) groups is 1. The van der Waals surface area contributed by atoms with E-state index >= 15 is 0 Å². The molecule has 0 unspecified atom stereocenters. The molecule has 1 aliphatic rings. The Labute approximate surface area is 114 Å². The Balaban J connectivity index is 2.04. The van der Waals surface area contributed by atoms with Crippen LogP contribution in [0, 0.1) is 6.92 Å². The molecule has 100 valence electrons. The average molecular weight is 269 g/mol. The smallest absolute Gasteiger partial charge is 0.228 e. The highest BCUT2D eigenvalue weighted by Crippen LogP contribution is 2.31. The maximum Gasteiger partial charge on any atom is 0.228 e. The third-order valence-corrected chi connectivity index (χ3v) is 3.28. The summed E-state index contributed by atoms with van der Waals surface area (Å²) in [5, 5.41) is 10.4. The van der Waals surface area contributed by atoms with E-state index < -0.39 is 0 Å². The van der Waals surface area contributed by atoms with Crippen LogP contribution in [0.25, 0.3) is 21.7 Å². The number of benzene rings is 1. The Morgan fingerprint density at radius 2 is 2.40 bits per heavy atom. The number of rotatable bonds is 3. The van der Waals surface area contributed by atoms with Gasteiger partial charge >= 0.3 is 0 Å². The quantitative estimate of drug-likeness (QED) is 0.526.